The lowest BCUT2D eigenvalue weighted by Gasteiger charge is -2.12. The SMILES string of the molecule is CCCc1ccccc1NS(=O)(=O)c1cccc(O)c1. The first-order chi connectivity index (χ1) is 9.53. The van der Waals surface area contributed by atoms with Crippen molar-refractivity contribution in [3.05, 3.63) is 54.1 Å². The average Bonchev–Trinajstić information content (AvgIpc) is 2.41. The molecule has 0 aliphatic rings. The molecule has 0 amide bonds. The molecule has 0 aliphatic heterocycles. The fourth-order valence-corrected chi connectivity index (χ4v) is 3.10. The number of hydrogen-bond acceptors (Lipinski definition) is 3. The highest BCUT2D eigenvalue weighted by Crippen LogP contribution is 2.22. The molecule has 0 unspecified atom stereocenters. The van der Waals surface area contributed by atoms with E-state index in [1.807, 2.05) is 19.1 Å². The van der Waals surface area contributed by atoms with Gasteiger partial charge in [0.2, 0.25) is 0 Å². The third-order valence-electron chi connectivity index (χ3n) is 2.91. The van der Waals surface area contributed by atoms with E-state index in [0.29, 0.717) is 5.69 Å². The normalized spacial score (nSPS) is 11.2. The molecule has 20 heavy (non-hydrogen) atoms. The van der Waals surface area contributed by atoms with E-state index >= 15 is 0 Å². The van der Waals surface area contributed by atoms with E-state index in [9.17, 15) is 13.5 Å². The minimum atomic E-state index is -3.69. The Morgan fingerprint density at radius 2 is 1.85 bits per heavy atom. The molecule has 0 saturated carbocycles. The number of para-hydroxylation sites is 1. The van der Waals surface area contributed by atoms with Crippen LogP contribution < -0.4 is 4.72 Å². The Balaban J connectivity index is 2.34. The van der Waals surface area contributed by atoms with Crippen LogP contribution in [0, 0.1) is 0 Å². The molecule has 4 nitrogen and oxygen atoms in total. The molecule has 106 valence electrons. The van der Waals surface area contributed by atoms with E-state index in [4.69, 9.17) is 0 Å². The molecule has 0 spiro atoms. The van der Waals surface area contributed by atoms with Gasteiger partial charge in [0.15, 0.2) is 0 Å². The molecule has 0 saturated heterocycles. The largest absolute Gasteiger partial charge is 0.508 e. The lowest BCUT2D eigenvalue weighted by atomic mass is 10.1. The van der Waals surface area contributed by atoms with Crippen molar-refractivity contribution in [2.24, 2.45) is 0 Å². The van der Waals surface area contributed by atoms with Crippen LogP contribution in [0.3, 0.4) is 0 Å². The van der Waals surface area contributed by atoms with Crippen LogP contribution in [0.2, 0.25) is 0 Å². The van der Waals surface area contributed by atoms with Gasteiger partial charge < -0.3 is 5.11 Å². The summed E-state index contributed by atoms with van der Waals surface area (Å²) in [5.74, 6) is -0.0743. The zero-order chi connectivity index (χ0) is 14.6. The topological polar surface area (TPSA) is 66.4 Å². The maximum Gasteiger partial charge on any atom is 0.262 e. The van der Waals surface area contributed by atoms with Crippen LogP contribution in [0.15, 0.2) is 53.4 Å². The molecule has 0 radical (unpaired) electrons. The van der Waals surface area contributed by atoms with Crippen LogP contribution >= 0.6 is 0 Å². The van der Waals surface area contributed by atoms with Crippen LogP contribution in [-0.2, 0) is 16.4 Å². The second kappa shape index (κ2) is 5.96. The third kappa shape index (κ3) is 3.30. The monoisotopic (exact) mass is 291 g/mol. The molecule has 5 heteroatoms. The summed E-state index contributed by atoms with van der Waals surface area (Å²) in [6.07, 6.45) is 1.74. The van der Waals surface area contributed by atoms with E-state index in [-0.39, 0.29) is 10.6 Å². The van der Waals surface area contributed by atoms with Gasteiger partial charge in [0.05, 0.1) is 10.6 Å². The zero-order valence-corrected chi connectivity index (χ0v) is 12.0. The zero-order valence-electron chi connectivity index (χ0n) is 11.2. The van der Waals surface area contributed by atoms with Gasteiger partial charge in [0.1, 0.15) is 5.75 Å². The van der Waals surface area contributed by atoms with Crippen molar-refractivity contribution in [1.29, 1.82) is 0 Å². The van der Waals surface area contributed by atoms with Gasteiger partial charge in [-0.2, -0.15) is 0 Å². The van der Waals surface area contributed by atoms with Crippen LogP contribution in [0.4, 0.5) is 5.69 Å². The van der Waals surface area contributed by atoms with Gasteiger partial charge in [-0.25, -0.2) is 8.42 Å². The van der Waals surface area contributed by atoms with Gasteiger partial charge in [0, 0.05) is 6.07 Å². The number of anilines is 1. The van der Waals surface area contributed by atoms with Crippen LogP contribution in [0.25, 0.3) is 0 Å². The van der Waals surface area contributed by atoms with E-state index in [2.05, 4.69) is 4.72 Å². The smallest absolute Gasteiger partial charge is 0.262 e. The number of hydrogen-bond donors (Lipinski definition) is 2. The standard InChI is InChI=1S/C15H17NO3S/c1-2-6-12-7-3-4-10-15(12)16-20(18,19)14-9-5-8-13(17)11-14/h3-5,7-11,16-17H,2,6H2,1H3. The second-order valence-electron chi connectivity index (χ2n) is 4.51. The van der Waals surface area contributed by atoms with E-state index in [1.54, 1.807) is 12.1 Å². The van der Waals surface area contributed by atoms with Crippen LogP contribution in [0.1, 0.15) is 18.9 Å². The van der Waals surface area contributed by atoms with Crippen molar-refractivity contribution >= 4 is 15.7 Å². The Hall–Kier alpha value is -2.01. The van der Waals surface area contributed by atoms with E-state index < -0.39 is 10.0 Å². The molecular formula is C15H17NO3S. The lowest BCUT2D eigenvalue weighted by Crippen LogP contribution is -2.14. The molecule has 0 atom stereocenters. The average molecular weight is 291 g/mol. The minimum Gasteiger partial charge on any atom is -0.508 e. The summed E-state index contributed by atoms with van der Waals surface area (Å²) >= 11 is 0. The highest BCUT2D eigenvalue weighted by atomic mass is 32.2. The first kappa shape index (κ1) is 14.4. The van der Waals surface area contributed by atoms with Crippen LogP contribution in [-0.4, -0.2) is 13.5 Å². The second-order valence-corrected chi connectivity index (χ2v) is 6.19. The van der Waals surface area contributed by atoms with Gasteiger partial charge in [-0.3, -0.25) is 4.72 Å². The van der Waals surface area contributed by atoms with Crippen molar-refractivity contribution in [3.63, 3.8) is 0 Å². The van der Waals surface area contributed by atoms with Crippen molar-refractivity contribution in [2.45, 2.75) is 24.7 Å². The van der Waals surface area contributed by atoms with Crippen LogP contribution in [0.5, 0.6) is 5.75 Å². The molecule has 2 aromatic rings. The molecule has 0 aromatic heterocycles. The summed E-state index contributed by atoms with van der Waals surface area (Å²) in [5.41, 5.74) is 1.54. The molecule has 0 fully saturated rings. The molecule has 2 N–H and O–H groups in total. The number of phenolic OH excluding ortho intramolecular Hbond substituents is 1. The molecule has 0 heterocycles. The van der Waals surface area contributed by atoms with Crippen molar-refractivity contribution in [2.75, 3.05) is 4.72 Å². The highest BCUT2D eigenvalue weighted by Gasteiger charge is 2.16. The Morgan fingerprint density at radius 3 is 2.55 bits per heavy atom. The first-order valence-electron chi connectivity index (χ1n) is 6.42. The van der Waals surface area contributed by atoms with Crippen molar-refractivity contribution < 1.29 is 13.5 Å². The number of aryl methyl sites for hydroxylation is 1. The van der Waals surface area contributed by atoms with E-state index in [0.717, 1.165) is 18.4 Å². The number of rotatable bonds is 5. The Labute approximate surface area is 119 Å². The van der Waals surface area contributed by atoms with E-state index in [1.165, 1.54) is 24.3 Å². The fraction of sp³-hybridized carbons (Fsp3) is 0.200. The number of aromatic hydroxyl groups is 1. The molecule has 2 aromatic carbocycles. The summed E-state index contributed by atoms with van der Waals surface area (Å²) < 4.78 is 27.2. The van der Waals surface area contributed by atoms with Gasteiger partial charge in [-0.1, -0.05) is 37.6 Å². The number of sulfonamides is 1. The molecule has 2 rings (SSSR count). The van der Waals surface area contributed by atoms with Gasteiger partial charge in [-0.05, 0) is 30.2 Å². The summed E-state index contributed by atoms with van der Waals surface area (Å²) in [7, 11) is -3.69. The fourth-order valence-electron chi connectivity index (χ4n) is 1.96. The first-order valence-corrected chi connectivity index (χ1v) is 7.91. The Morgan fingerprint density at radius 1 is 1.10 bits per heavy atom. The summed E-state index contributed by atoms with van der Waals surface area (Å²) in [4.78, 5) is 0.0452. The van der Waals surface area contributed by atoms with Gasteiger partial charge in [-0.15, -0.1) is 0 Å². The highest BCUT2D eigenvalue weighted by molar-refractivity contribution is 7.92. The summed E-state index contributed by atoms with van der Waals surface area (Å²) in [6, 6.07) is 12.9. The molecule has 0 bridgehead atoms. The van der Waals surface area contributed by atoms with Crippen molar-refractivity contribution in [3.8, 4) is 5.75 Å². The molecule has 0 aliphatic carbocycles. The number of benzene rings is 2. The predicted octanol–water partition coefficient (Wildman–Crippen LogP) is 3.15. The Bertz CT molecular complexity index is 696. The van der Waals surface area contributed by atoms with Gasteiger partial charge in [0.25, 0.3) is 10.0 Å². The lowest BCUT2D eigenvalue weighted by molar-refractivity contribution is 0.473. The molecular weight excluding hydrogens is 274 g/mol. The van der Waals surface area contributed by atoms with Gasteiger partial charge >= 0.3 is 0 Å². The number of phenols is 1. The minimum absolute atomic E-state index is 0.0452. The maximum absolute atomic E-state index is 12.3. The maximum atomic E-state index is 12.3. The number of nitrogens with one attached hydrogen (secondary N) is 1. The summed E-state index contributed by atoms with van der Waals surface area (Å²) in [5, 5.41) is 9.39. The Kier molecular flexibility index (Phi) is 4.29. The van der Waals surface area contributed by atoms with Crippen molar-refractivity contribution in [1.82, 2.24) is 0 Å². The predicted molar refractivity (Wildman–Crippen MR) is 79.4 cm³/mol. The summed E-state index contributed by atoms with van der Waals surface area (Å²) in [6.45, 7) is 2.04. The quantitative estimate of drug-likeness (QED) is 0.889. The third-order valence-corrected chi connectivity index (χ3v) is 4.27.